The average Bonchev–Trinajstić information content (AvgIpc) is 3.17. The summed E-state index contributed by atoms with van der Waals surface area (Å²) in [6, 6.07) is 8.87. The maximum Gasteiger partial charge on any atom is 0.252 e. The molecule has 4 aliphatic heterocycles. The van der Waals surface area contributed by atoms with Crippen LogP contribution < -0.4 is 10.1 Å². The van der Waals surface area contributed by atoms with E-state index in [-0.39, 0.29) is 54.4 Å². The van der Waals surface area contributed by atoms with Gasteiger partial charge in [-0.1, -0.05) is 18.2 Å². The minimum absolute atomic E-state index is 0.0157. The first-order valence-corrected chi connectivity index (χ1v) is 13.1. The Labute approximate surface area is 214 Å². The molecule has 1 N–H and O–H groups in total. The van der Waals surface area contributed by atoms with E-state index >= 15 is 8.78 Å². The Morgan fingerprint density at radius 1 is 1.19 bits per heavy atom. The van der Waals surface area contributed by atoms with Crippen LogP contribution in [0.25, 0.3) is 0 Å². The standard InChI is InChI=1S/C28H32F3N3O3/c1-16-10-20-19-4-2-3-5-23(19)32-26(20)27(34(16)28(35)24-6-8-37-24)25-21(30)11-18(12-22(25)31)36-9-7-33-14-17(13-29)15-33/h2-5,11-12,16-17,20,24,26-27,32H,6-10,13-15H2,1H3/t16-,20?,24?,26?,27-/m1/s1. The molecule has 0 bridgehead atoms. The van der Waals surface area contributed by atoms with Crippen LogP contribution in [0.1, 0.15) is 42.9 Å². The van der Waals surface area contributed by atoms with Crippen LogP contribution in [0, 0.1) is 17.6 Å². The molecular weight excluding hydrogens is 483 g/mol. The van der Waals surface area contributed by atoms with Crippen molar-refractivity contribution in [1.82, 2.24) is 9.80 Å². The molecule has 0 aromatic heterocycles. The number of likely N-dealkylation sites (tertiary alicyclic amines) is 2. The van der Waals surface area contributed by atoms with Crippen molar-refractivity contribution in [1.29, 1.82) is 0 Å². The molecular formula is C28H32F3N3O3. The van der Waals surface area contributed by atoms with Crippen LogP contribution in [0.3, 0.4) is 0 Å². The Morgan fingerprint density at radius 3 is 2.59 bits per heavy atom. The van der Waals surface area contributed by atoms with Gasteiger partial charge in [-0.25, -0.2) is 8.78 Å². The summed E-state index contributed by atoms with van der Waals surface area (Å²) < 4.78 is 55.2. The number of fused-ring (bicyclic) bond motifs is 3. The molecule has 5 atom stereocenters. The molecule has 3 fully saturated rings. The fourth-order valence-corrected chi connectivity index (χ4v) is 6.37. The van der Waals surface area contributed by atoms with Crippen molar-refractivity contribution in [3.05, 3.63) is 59.2 Å². The van der Waals surface area contributed by atoms with Crippen molar-refractivity contribution in [2.24, 2.45) is 5.92 Å². The highest BCUT2D eigenvalue weighted by Crippen LogP contribution is 2.51. The second-order valence-electron chi connectivity index (χ2n) is 10.7. The van der Waals surface area contributed by atoms with Crippen molar-refractivity contribution < 1.29 is 27.4 Å². The molecule has 4 heterocycles. The molecule has 2 aromatic carbocycles. The molecule has 6 nitrogen and oxygen atoms in total. The van der Waals surface area contributed by atoms with Crippen LogP contribution in [0.5, 0.6) is 5.75 Å². The number of alkyl halides is 1. The van der Waals surface area contributed by atoms with Gasteiger partial charge in [-0.15, -0.1) is 0 Å². The van der Waals surface area contributed by atoms with E-state index in [0.717, 1.165) is 11.3 Å². The zero-order chi connectivity index (χ0) is 25.7. The Bertz CT molecular complexity index is 1150. The highest BCUT2D eigenvalue weighted by molar-refractivity contribution is 5.83. The smallest absolute Gasteiger partial charge is 0.252 e. The van der Waals surface area contributed by atoms with E-state index in [1.54, 1.807) is 4.90 Å². The van der Waals surface area contributed by atoms with Crippen LogP contribution in [0.2, 0.25) is 0 Å². The van der Waals surface area contributed by atoms with Gasteiger partial charge in [-0.2, -0.15) is 0 Å². The van der Waals surface area contributed by atoms with Crippen LogP contribution in [0.4, 0.5) is 18.9 Å². The number of nitrogens with zero attached hydrogens (tertiary/aromatic N) is 2. The lowest BCUT2D eigenvalue weighted by molar-refractivity contribution is -0.164. The minimum Gasteiger partial charge on any atom is -0.492 e. The van der Waals surface area contributed by atoms with Gasteiger partial charge in [0.1, 0.15) is 30.1 Å². The van der Waals surface area contributed by atoms with Gasteiger partial charge in [0, 0.05) is 67.3 Å². The Kier molecular flexibility index (Phi) is 6.52. The number of piperidine rings is 1. The molecule has 0 saturated carbocycles. The van der Waals surface area contributed by atoms with E-state index in [1.165, 1.54) is 12.1 Å². The molecule has 2 aromatic rings. The number of rotatable bonds is 7. The van der Waals surface area contributed by atoms with E-state index in [0.29, 0.717) is 39.1 Å². The Morgan fingerprint density at radius 2 is 1.92 bits per heavy atom. The fraction of sp³-hybridized carbons (Fsp3) is 0.536. The van der Waals surface area contributed by atoms with Crippen molar-refractivity contribution >= 4 is 11.6 Å². The summed E-state index contributed by atoms with van der Waals surface area (Å²) in [4.78, 5) is 17.2. The first kappa shape index (κ1) is 24.6. The monoisotopic (exact) mass is 515 g/mol. The van der Waals surface area contributed by atoms with E-state index in [9.17, 15) is 9.18 Å². The zero-order valence-corrected chi connectivity index (χ0v) is 20.8. The molecule has 198 valence electrons. The third-order valence-electron chi connectivity index (χ3n) is 8.33. The first-order chi connectivity index (χ1) is 17.9. The maximum atomic E-state index is 15.7. The minimum atomic E-state index is -0.842. The molecule has 6 rings (SSSR count). The Hall–Kier alpha value is -2.78. The maximum absolute atomic E-state index is 15.7. The molecule has 3 saturated heterocycles. The predicted molar refractivity (Wildman–Crippen MR) is 132 cm³/mol. The van der Waals surface area contributed by atoms with Gasteiger partial charge < -0.3 is 19.7 Å². The highest BCUT2D eigenvalue weighted by atomic mass is 19.1. The van der Waals surface area contributed by atoms with Gasteiger partial charge in [0.25, 0.3) is 5.91 Å². The summed E-state index contributed by atoms with van der Waals surface area (Å²) >= 11 is 0. The van der Waals surface area contributed by atoms with Crippen molar-refractivity contribution in [3.8, 4) is 5.75 Å². The number of halogens is 3. The third-order valence-corrected chi connectivity index (χ3v) is 8.33. The summed E-state index contributed by atoms with van der Waals surface area (Å²) in [5, 5.41) is 3.47. The number of ether oxygens (including phenoxy) is 2. The summed E-state index contributed by atoms with van der Waals surface area (Å²) in [6.45, 7) is 4.29. The quantitative estimate of drug-likeness (QED) is 0.597. The van der Waals surface area contributed by atoms with E-state index in [4.69, 9.17) is 9.47 Å². The second kappa shape index (κ2) is 9.83. The van der Waals surface area contributed by atoms with E-state index < -0.39 is 23.8 Å². The summed E-state index contributed by atoms with van der Waals surface area (Å²) in [5.74, 6) is -1.51. The number of carbonyl (C=O) groups excluding carboxylic acids is 1. The lowest BCUT2D eigenvalue weighted by Crippen LogP contribution is -2.58. The van der Waals surface area contributed by atoms with Gasteiger partial charge in [-0.3, -0.25) is 14.1 Å². The summed E-state index contributed by atoms with van der Waals surface area (Å²) in [5.41, 5.74) is 1.92. The molecule has 0 aliphatic carbocycles. The number of benzene rings is 2. The third kappa shape index (κ3) is 4.36. The first-order valence-electron chi connectivity index (χ1n) is 13.1. The molecule has 3 unspecified atom stereocenters. The zero-order valence-electron chi connectivity index (χ0n) is 20.8. The fourth-order valence-electron chi connectivity index (χ4n) is 6.37. The van der Waals surface area contributed by atoms with Gasteiger partial charge in [-0.05, 0) is 25.0 Å². The molecule has 0 radical (unpaired) electrons. The lowest BCUT2D eigenvalue weighted by Gasteiger charge is -2.49. The van der Waals surface area contributed by atoms with Crippen LogP contribution >= 0.6 is 0 Å². The SMILES string of the molecule is C[C@@H]1CC2c3ccccc3NC2[C@@H](c2c(F)cc(OCCN3CC(CF)C3)cc2F)N1C(=O)C1CCO1. The van der Waals surface area contributed by atoms with Crippen molar-refractivity contribution in [2.45, 2.75) is 49.9 Å². The second-order valence-corrected chi connectivity index (χ2v) is 10.7. The van der Waals surface area contributed by atoms with Gasteiger partial charge >= 0.3 is 0 Å². The Balaban J connectivity index is 1.28. The van der Waals surface area contributed by atoms with Gasteiger partial charge in [0.2, 0.25) is 0 Å². The normalized spacial score (nSPS) is 29.1. The largest absolute Gasteiger partial charge is 0.492 e. The summed E-state index contributed by atoms with van der Waals surface area (Å²) in [6.07, 6.45) is 0.725. The van der Waals surface area contributed by atoms with Crippen LogP contribution in [-0.2, 0) is 9.53 Å². The van der Waals surface area contributed by atoms with Crippen LogP contribution in [0.15, 0.2) is 36.4 Å². The average molecular weight is 516 g/mol. The number of amides is 1. The number of anilines is 1. The molecule has 9 heteroatoms. The highest BCUT2D eigenvalue weighted by Gasteiger charge is 2.51. The number of nitrogens with one attached hydrogen (secondary N) is 1. The molecule has 1 amide bonds. The lowest BCUT2D eigenvalue weighted by atomic mass is 9.77. The van der Waals surface area contributed by atoms with Crippen molar-refractivity contribution in [3.63, 3.8) is 0 Å². The van der Waals surface area contributed by atoms with E-state index in [1.807, 2.05) is 36.1 Å². The van der Waals surface area contributed by atoms with Gasteiger partial charge in [0.15, 0.2) is 0 Å². The van der Waals surface area contributed by atoms with Crippen LogP contribution in [-0.4, -0.2) is 73.4 Å². The number of para-hydroxylation sites is 1. The summed E-state index contributed by atoms with van der Waals surface area (Å²) in [7, 11) is 0. The number of hydrogen-bond acceptors (Lipinski definition) is 5. The number of hydrogen-bond donors (Lipinski definition) is 1. The molecule has 37 heavy (non-hydrogen) atoms. The van der Waals surface area contributed by atoms with Crippen molar-refractivity contribution in [2.75, 3.05) is 44.8 Å². The topological polar surface area (TPSA) is 54.0 Å². The number of carbonyl (C=O) groups is 1. The van der Waals surface area contributed by atoms with Gasteiger partial charge in [0.05, 0.1) is 25.4 Å². The predicted octanol–water partition coefficient (Wildman–Crippen LogP) is 4.27. The molecule has 0 spiro atoms. The molecule has 4 aliphatic rings. The van der Waals surface area contributed by atoms with E-state index in [2.05, 4.69) is 5.32 Å².